The molecule has 0 aliphatic heterocycles. The molecule has 0 aromatic heterocycles. The molecular weight excluding hydrogens is 298 g/mol. The summed E-state index contributed by atoms with van der Waals surface area (Å²) < 4.78 is 22.8. The van der Waals surface area contributed by atoms with Gasteiger partial charge in [-0.15, -0.1) is 0 Å². The molecule has 0 bridgehead atoms. The maximum atomic E-state index is 12.8. The number of carbonyl (C=O) groups excluding carboxylic acids is 1. The van der Waals surface area contributed by atoms with Gasteiger partial charge < -0.3 is 4.90 Å². The Hall–Kier alpha value is -1.36. The maximum Gasteiger partial charge on any atom is 0.254 e. The molecule has 0 heterocycles. The van der Waals surface area contributed by atoms with Gasteiger partial charge in [0.05, 0.1) is 5.75 Å². The minimum atomic E-state index is -3.09. The van der Waals surface area contributed by atoms with Gasteiger partial charge in [-0.2, -0.15) is 0 Å². The minimum Gasteiger partial charge on any atom is -0.336 e. The van der Waals surface area contributed by atoms with Crippen LogP contribution < -0.4 is 0 Å². The van der Waals surface area contributed by atoms with Crippen LogP contribution in [0, 0.1) is 0 Å². The molecule has 1 aliphatic rings. The SMILES string of the molecule is CCN(C(=O)c1cccc(CS(C)(=O)=O)c1)C1CCCCC1. The van der Waals surface area contributed by atoms with Crippen molar-refractivity contribution in [2.75, 3.05) is 12.8 Å². The van der Waals surface area contributed by atoms with E-state index in [0.29, 0.717) is 23.7 Å². The van der Waals surface area contributed by atoms with Crippen molar-refractivity contribution in [3.8, 4) is 0 Å². The largest absolute Gasteiger partial charge is 0.336 e. The Morgan fingerprint density at radius 3 is 2.50 bits per heavy atom. The van der Waals surface area contributed by atoms with E-state index in [1.165, 1.54) is 25.5 Å². The van der Waals surface area contributed by atoms with E-state index in [0.717, 1.165) is 12.8 Å². The Morgan fingerprint density at radius 1 is 1.23 bits per heavy atom. The summed E-state index contributed by atoms with van der Waals surface area (Å²) in [6, 6.07) is 7.34. The highest BCUT2D eigenvalue weighted by Crippen LogP contribution is 2.24. The molecular formula is C17H25NO3S. The fraction of sp³-hybridized carbons (Fsp3) is 0.588. The van der Waals surface area contributed by atoms with E-state index in [1.54, 1.807) is 24.3 Å². The number of benzene rings is 1. The van der Waals surface area contributed by atoms with Gasteiger partial charge in [-0.3, -0.25) is 4.79 Å². The monoisotopic (exact) mass is 323 g/mol. The molecule has 0 radical (unpaired) electrons. The maximum absolute atomic E-state index is 12.8. The quantitative estimate of drug-likeness (QED) is 0.837. The Bertz CT molecular complexity index is 619. The van der Waals surface area contributed by atoms with Crippen molar-refractivity contribution in [2.45, 2.75) is 50.8 Å². The first kappa shape index (κ1) is 17.0. The standard InChI is InChI=1S/C17H25NO3S/c1-3-18(16-10-5-4-6-11-16)17(19)15-9-7-8-14(12-15)13-22(2,20)21/h7-9,12,16H,3-6,10-11,13H2,1-2H3. The van der Waals surface area contributed by atoms with Crippen molar-refractivity contribution < 1.29 is 13.2 Å². The molecule has 1 aliphatic carbocycles. The number of carbonyl (C=O) groups is 1. The average molecular weight is 323 g/mol. The van der Waals surface area contributed by atoms with E-state index in [1.807, 2.05) is 11.8 Å². The summed E-state index contributed by atoms with van der Waals surface area (Å²) in [5.41, 5.74) is 1.27. The number of sulfone groups is 1. The Balaban J connectivity index is 2.18. The molecule has 1 amide bonds. The van der Waals surface area contributed by atoms with Crippen LogP contribution in [0.2, 0.25) is 0 Å². The van der Waals surface area contributed by atoms with Crippen molar-refractivity contribution in [3.05, 3.63) is 35.4 Å². The van der Waals surface area contributed by atoms with Gasteiger partial charge in [-0.1, -0.05) is 31.4 Å². The molecule has 0 unspecified atom stereocenters. The summed E-state index contributed by atoms with van der Waals surface area (Å²) in [5, 5.41) is 0. The molecule has 0 N–H and O–H groups in total. The predicted octanol–water partition coefficient (Wildman–Crippen LogP) is 3.03. The molecule has 2 rings (SSSR count). The lowest BCUT2D eigenvalue weighted by molar-refractivity contribution is 0.0648. The third kappa shape index (κ3) is 4.57. The fourth-order valence-corrected chi connectivity index (χ4v) is 4.01. The molecule has 1 aromatic carbocycles. The summed E-state index contributed by atoms with van der Waals surface area (Å²) >= 11 is 0. The molecule has 4 nitrogen and oxygen atoms in total. The predicted molar refractivity (Wildman–Crippen MR) is 88.6 cm³/mol. The Kier molecular flexibility index (Phi) is 5.62. The van der Waals surface area contributed by atoms with Crippen LogP contribution in [0.15, 0.2) is 24.3 Å². The van der Waals surface area contributed by atoms with Crippen molar-refractivity contribution in [3.63, 3.8) is 0 Å². The minimum absolute atomic E-state index is 0.0183. The lowest BCUT2D eigenvalue weighted by Gasteiger charge is -2.33. The van der Waals surface area contributed by atoms with Gasteiger partial charge in [0.1, 0.15) is 0 Å². The normalized spacial score (nSPS) is 16.5. The van der Waals surface area contributed by atoms with E-state index >= 15 is 0 Å². The van der Waals surface area contributed by atoms with Gasteiger partial charge in [-0.05, 0) is 37.5 Å². The zero-order valence-corrected chi connectivity index (χ0v) is 14.2. The lowest BCUT2D eigenvalue weighted by atomic mass is 9.93. The average Bonchev–Trinajstić information content (AvgIpc) is 2.47. The first-order valence-corrected chi connectivity index (χ1v) is 10.0. The first-order valence-electron chi connectivity index (χ1n) is 7.98. The number of nitrogens with zero attached hydrogens (tertiary/aromatic N) is 1. The number of hydrogen-bond donors (Lipinski definition) is 0. The van der Waals surface area contributed by atoms with E-state index in [2.05, 4.69) is 0 Å². The van der Waals surface area contributed by atoms with E-state index < -0.39 is 9.84 Å². The number of rotatable bonds is 5. The number of hydrogen-bond acceptors (Lipinski definition) is 3. The van der Waals surface area contributed by atoms with Gasteiger partial charge in [0.2, 0.25) is 0 Å². The fourth-order valence-electron chi connectivity index (χ4n) is 3.22. The molecule has 1 saturated carbocycles. The van der Waals surface area contributed by atoms with Crippen LogP contribution in [0.25, 0.3) is 0 Å². The third-order valence-corrected chi connectivity index (χ3v) is 5.08. The van der Waals surface area contributed by atoms with Gasteiger partial charge in [0.25, 0.3) is 5.91 Å². The number of amides is 1. The summed E-state index contributed by atoms with van der Waals surface area (Å²) in [4.78, 5) is 14.7. The second-order valence-electron chi connectivity index (χ2n) is 6.15. The first-order chi connectivity index (χ1) is 10.4. The van der Waals surface area contributed by atoms with E-state index in [-0.39, 0.29) is 11.7 Å². The van der Waals surface area contributed by atoms with Crippen molar-refractivity contribution in [2.24, 2.45) is 0 Å². The smallest absolute Gasteiger partial charge is 0.254 e. The van der Waals surface area contributed by atoms with E-state index in [4.69, 9.17) is 0 Å². The summed E-state index contributed by atoms with van der Waals surface area (Å²) in [6.07, 6.45) is 6.98. The van der Waals surface area contributed by atoms with Crippen LogP contribution in [0.1, 0.15) is 54.9 Å². The van der Waals surface area contributed by atoms with Crippen molar-refractivity contribution in [1.29, 1.82) is 0 Å². The highest BCUT2D eigenvalue weighted by molar-refractivity contribution is 7.89. The van der Waals surface area contributed by atoms with Gasteiger partial charge in [-0.25, -0.2) is 8.42 Å². The Labute approximate surface area is 133 Å². The van der Waals surface area contributed by atoms with Crippen LogP contribution in [-0.4, -0.2) is 38.1 Å². The highest BCUT2D eigenvalue weighted by atomic mass is 32.2. The van der Waals surface area contributed by atoms with Crippen LogP contribution in [0.4, 0.5) is 0 Å². The lowest BCUT2D eigenvalue weighted by Crippen LogP contribution is -2.41. The molecule has 5 heteroatoms. The van der Waals surface area contributed by atoms with Crippen LogP contribution in [0.5, 0.6) is 0 Å². The topological polar surface area (TPSA) is 54.5 Å². The molecule has 0 atom stereocenters. The van der Waals surface area contributed by atoms with Crippen molar-refractivity contribution in [1.82, 2.24) is 4.90 Å². The zero-order chi connectivity index (χ0) is 16.2. The molecule has 122 valence electrons. The summed E-state index contributed by atoms with van der Waals surface area (Å²) in [5.74, 6) is -0.00585. The highest BCUT2D eigenvalue weighted by Gasteiger charge is 2.25. The second-order valence-corrected chi connectivity index (χ2v) is 8.29. The Morgan fingerprint density at radius 2 is 1.91 bits per heavy atom. The van der Waals surface area contributed by atoms with Gasteiger partial charge in [0.15, 0.2) is 9.84 Å². The van der Waals surface area contributed by atoms with Crippen LogP contribution in [-0.2, 0) is 15.6 Å². The molecule has 1 fully saturated rings. The molecule has 0 saturated heterocycles. The summed E-state index contributed by atoms with van der Waals surface area (Å²) in [6.45, 7) is 2.70. The van der Waals surface area contributed by atoms with Crippen LogP contribution >= 0.6 is 0 Å². The third-order valence-electron chi connectivity index (χ3n) is 4.22. The van der Waals surface area contributed by atoms with Gasteiger partial charge in [0, 0.05) is 24.4 Å². The van der Waals surface area contributed by atoms with Crippen molar-refractivity contribution >= 4 is 15.7 Å². The summed E-state index contributed by atoms with van der Waals surface area (Å²) in [7, 11) is -3.09. The van der Waals surface area contributed by atoms with Crippen LogP contribution in [0.3, 0.4) is 0 Å². The second kappa shape index (κ2) is 7.27. The molecule has 1 aromatic rings. The van der Waals surface area contributed by atoms with E-state index in [9.17, 15) is 13.2 Å². The molecule has 22 heavy (non-hydrogen) atoms. The molecule has 0 spiro atoms. The zero-order valence-electron chi connectivity index (χ0n) is 13.4. The van der Waals surface area contributed by atoms with Gasteiger partial charge >= 0.3 is 0 Å².